The quantitative estimate of drug-likeness (QED) is 0.928. The maximum atomic E-state index is 13.0. The van der Waals surface area contributed by atoms with E-state index < -0.39 is 17.7 Å². The first kappa shape index (κ1) is 17.9. The molecule has 1 aromatic carbocycles. The number of nitrogens with one attached hydrogen (secondary N) is 1. The lowest BCUT2D eigenvalue weighted by Crippen LogP contribution is -2.49. The predicted molar refractivity (Wildman–Crippen MR) is 82.0 cm³/mol. The third-order valence-corrected chi connectivity index (χ3v) is 3.04. The summed E-state index contributed by atoms with van der Waals surface area (Å²) in [7, 11) is 3.01. The molecule has 0 aliphatic rings. The van der Waals surface area contributed by atoms with Gasteiger partial charge in [-0.2, -0.15) is 0 Å². The number of ether oxygens (including phenoxy) is 1. The molecule has 0 radical (unpaired) electrons. The van der Waals surface area contributed by atoms with E-state index in [2.05, 4.69) is 5.32 Å². The maximum Gasteiger partial charge on any atom is 0.410 e. The Morgan fingerprint density at radius 3 is 2.27 bits per heavy atom. The van der Waals surface area contributed by atoms with Gasteiger partial charge in [-0.1, -0.05) is 12.1 Å². The number of carbonyl (C=O) groups is 2. The Bertz CT molecular complexity index is 523. The highest BCUT2D eigenvalue weighted by Crippen LogP contribution is 2.14. The van der Waals surface area contributed by atoms with Crippen LogP contribution in [-0.2, 0) is 16.0 Å². The SMILES string of the molecule is CNC(=O)[C@@H](Cc1ccc(F)cc1)N(C)C(=O)OC(C)(C)C. The monoisotopic (exact) mass is 310 g/mol. The van der Waals surface area contributed by atoms with Crippen molar-refractivity contribution >= 4 is 12.0 Å². The summed E-state index contributed by atoms with van der Waals surface area (Å²) in [6.07, 6.45) is -0.307. The standard InChI is InChI=1S/C16H23FN2O3/c1-16(2,3)22-15(21)19(5)13(14(20)18-4)10-11-6-8-12(17)9-7-11/h6-9,13H,10H2,1-5H3,(H,18,20)/t13-/m1/s1. The lowest BCUT2D eigenvalue weighted by molar-refractivity contribution is -0.125. The Morgan fingerprint density at radius 1 is 1.27 bits per heavy atom. The molecule has 1 aromatic rings. The summed E-state index contributed by atoms with van der Waals surface area (Å²) in [6, 6.07) is 5.10. The van der Waals surface area contributed by atoms with Crippen LogP contribution in [0.25, 0.3) is 0 Å². The molecular formula is C16H23FN2O3. The highest BCUT2D eigenvalue weighted by atomic mass is 19.1. The van der Waals surface area contributed by atoms with Crippen LogP contribution in [0.2, 0.25) is 0 Å². The summed E-state index contributed by atoms with van der Waals surface area (Å²) in [5.74, 6) is -0.654. The molecule has 1 atom stereocenters. The Labute approximate surface area is 130 Å². The van der Waals surface area contributed by atoms with E-state index in [1.807, 2.05) is 0 Å². The van der Waals surface area contributed by atoms with Crippen LogP contribution in [0.1, 0.15) is 26.3 Å². The lowest BCUT2D eigenvalue weighted by atomic mass is 10.0. The minimum absolute atomic E-state index is 0.274. The van der Waals surface area contributed by atoms with Crippen molar-refractivity contribution in [1.29, 1.82) is 0 Å². The van der Waals surface area contributed by atoms with E-state index in [9.17, 15) is 14.0 Å². The molecule has 5 nitrogen and oxygen atoms in total. The molecule has 0 bridgehead atoms. The van der Waals surface area contributed by atoms with Crippen LogP contribution in [0, 0.1) is 5.82 Å². The van der Waals surface area contributed by atoms with Crippen molar-refractivity contribution in [3.8, 4) is 0 Å². The highest BCUT2D eigenvalue weighted by Gasteiger charge is 2.29. The summed E-state index contributed by atoms with van der Waals surface area (Å²) in [4.78, 5) is 25.4. The van der Waals surface area contributed by atoms with Gasteiger partial charge in [-0.15, -0.1) is 0 Å². The van der Waals surface area contributed by atoms with Crippen molar-refractivity contribution in [2.45, 2.75) is 38.8 Å². The maximum absolute atomic E-state index is 13.0. The van der Waals surface area contributed by atoms with E-state index in [1.54, 1.807) is 32.9 Å². The molecule has 0 aliphatic carbocycles. The van der Waals surface area contributed by atoms with Gasteiger partial charge in [0.25, 0.3) is 0 Å². The van der Waals surface area contributed by atoms with E-state index in [0.717, 1.165) is 5.56 Å². The van der Waals surface area contributed by atoms with Crippen molar-refractivity contribution in [1.82, 2.24) is 10.2 Å². The second-order valence-corrected chi connectivity index (χ2v) is 6.05. The molecule has 0 aromatic heterocycles. The zero-order chi connectivity index (χ0) is 16.9. The first-order valence-electron chi connectivity index (χ1n) is 7.06. The van der Waals surface area contributed by atoms with Crippen molar-refractivity contribution in [2.75, 3.05) is 14.1 Å². The Kier molecular flexibility index (Phi) is 5.91. The smallest absolute Gasteiger partial charge is 0.410 e. The zero-order valence-corrected chi connectivity index (χ0v) is 13.6. The number of hydrogen-bond acceptors (Lipinski definition) is 3. The van der Waals surface area contributed by atoms with Crippen LogP contribution in [0.4, 0.5) is 9.18 Å². The van der Waals surface area contributed by atoms with Crippen LogP contribution >= 0.6 is 0 Å². The molecule has 0 spiro atoms. The molecule has 0 fully saturated rings. The second-order valence-electron chi connectivity index (χ2n) is 6.05. The fraction of sp³-hybridized carbons (Fsp3) is 0.500. The van der Waals surface area contributed by atoms with E-state index in [-0.39, 0.29) is 18.1 Å². The molecular weight excluding hydrogens is 287 g/mol. The van der Waals surface area contributed by atoms with Gasteiger partial charge in [-0.3, -0.25) is 9.69 Å². The molecule has 6 heteroatoms. The third kappa shape index (κ3) is 5.35. The molecule has 0 saturated carbocycles. The number of amides is 2. The number of likely N-dealkylation sites (N-methyl/N-ethyl adjacent to an activating group) is 2. The van der Waals surface area contributed by atoms with E-state index in [4.69, 9.17) is 4.74 Å². The largest absolute Gasteiger partial charge is 0.444 e. The van der Waals surface area contributed by atoms with Gasteiger partial charge in [0.05, 0.1) is 0 Å². The molecule has 0 aliphatic heterocycles. The molecule has 0 unspecified atom stereocenters. The van der Waals surface area contributed by atoms with Gasteiger partial charge in [-0.25, -0.2) is 9.18 Å². The molecule has 122 valence electrons. The van der Waals surface area contributed by atoms with Gasteiger partial charge in [0.2, 0.25) is 5.91 Å². The van der Waals surface area contributed by atoms with Crippen LogP contribution in [0.3, 0.4) is 0 Å². The summed E-state index contributed by atoms with van der Waals surface area (Å²) >= 11 is 0. The Morgan fingerprint density at radius 2 is 1.82 bits per heavy atom. The van der Waals surface area contributed by atoms with Gasteiger partial charge >= 0.3 is 6.09 Å². The molecule has 1 rings (SSSR count). The van der Waals surface area contributed by atoms with Gasteiger partial charge in [-0.05, 0) is 38.5 Å². The highest BCUT2D eigenvalue weighted by molar-refractivity contribution is 5.85. The fourth-order valence-electron chi connectivity index (χ4n) is 1.88. The third-order valence-electron chi connectivity index (χ3n) is 3.04. The normalized spacial score (nSPS) is 12.5. The van der Waals surface area contributed by atoms with Gasteiger partial charge in [0.15, 0.2) is 0 Å². The first-order valence-corrected chi connectivity index (χ1v) is 7.06. The number of benzene rings is 1. The van der Waals surface area contributed by atoms with Gasteiger partial charge in [0, 0.05) is 20.5 Å². The van der Waals surface area contributed by atoms with E-state index >= 15 is 0 Å². The average Bonchev–Trinajstić information content (AvgIpc) is 2.43. The number of hydrogen-bond donors (Lipinski definition) is 1. The average molecular weight is 310 g/mol. The number of rotatable bonds is 4. The topological polar surface area (TPSA) is 58.6 Å². The summed E-state index contributed by atoms with van der Waals surface area (Å²) in [5, 5.41) is 2.53. The number of carbonyl (C=O) groups excluding carboxylic acids is 2. The Balaban J connectivity index is 2.90. The van der Waals surface area contributed by atoms with Crippen molar-refractivity contribution in [3.63, 3.8) is 0 Å². The van der Waals surface area contributed by atoms with Crippen molar-refractivity contribution in [2.24, 2.45) is 0 Å². The van der Waals surface area contributed by atoms with Crippen molar-refractivity contribution < 1.29 is 18.7 Å². The summed E-state index contributed by atoms with van der Waals surface area (Å²) in [6.45, 7) is 5.27. The van der Waals surface area contributed by atoms with E-state index in [0.29, 0.717) is 0 Å². The summed E-state index contributed by atoms with van der Waals surface area (Å²) in [5.41, 5.74) is 0.111. The zero-order valence-electron chi connectivity index (χ0n) is 13.6. The van der Waals surface area contributed by atoms with Crippen molar-refractivity contribution in [3.05, 3.63) is 35.6 Å². The minimum atomic E-state index is -0.731. The Hall–Kier alpha value is -2.11. The minimum Gasteiger partial charge on any atom is -0.444 e. The van der Waals surface area contributed by atoms with Crippen LogP contribution < -0.4 is 5.32 Å². The predicted octanol–water partition coefficient (Wildman–Crippen LogP) is 2.35. The number of halogens is 1. The first-order chi connectivity index (χ1) is 10.1. The van der Waals surface area contributed by atoms with E-state index in [1.165, 1.54) is 31.1 Å². The molecule has 1 N–H and O–H groups in total. The second kappa shape index (κ2) is 7.24. The van der Waals surface area contributed by atoms with Crippen LogP contribution in [0.5, 0.6) is 0 Å². The molecule has 0 heterocycles. The summed E-state index contributed by atoms with van der Waals surface area (Å²) < 4.78 is 18.2. The van der Waals surface area contributed by atoms with Gasteiger partial charge < -0.3 is 10.1 Å². The molecule has 22 heavy (non-hydrogen) atoms. The van der Waals surface area contributed by atoms with Crippen LogP contribution in [-0.4, -0.2) is 42.6 Å². The number of nitrogens with zero attached hydrogens (tertiary/aromatic N) is 1. The molecule has 0 saturated heterocycles. The fourth-order valence-corrected chi connectivity index (χ4v) is 1.88. The molecule has 2 amide bonds. The van der Waals surface area contributed by atoms with Gasteiger partial charge in [0.1, 0.15) is 17.5 Å². The van der Waals surface area contributed by atoms with Crippen LogP contribution in [0.15, 0.2) is 24.3 Å². The lowest BCUT2D eigenvalue weighted by Gasteiger charge is -2.29.